The number of aliphatic hydroxyl groups is 2. The van der Waals surface area contributed by atoms with Crippen LogP contribution < -0.4 is 5.32 Å². The SMILES string of the molecule is CC(C)(C)OC(=O)N[C@@H](CO)C[C@@H](O)c1ccccc1. The fourth-order valence-corrected chi connectivity index (χ4v) is 1.73. The van der Waals surface area contributed by atoms with Crippen LogP contribution in [0.4, 0.5) is 4.79 Å². The van der Waals surface area contributed by atoms with E-state index in [1.54, 1.807) is 32.9 Å². The summed E-state index contributed by atoms with van der Waals surface area (Å²) in [6.45, 7) is 5.03. The molecule has 1 aromatic carbocycles. The van der Waals surface area contributed by atoms with Crippen LogP contribution in [0.15, 0.2) is 30.3 Å². The molecule has 0 bridgehead atoms. The van der Waals surface area contributed by atoms with E-state index in [0.29, 0.717) is 0 Å². The zero-order chi connectivity index (χ0) is 15.2. The van der Waals surface area contributed by atoms with Gasteiger partial charge in [-0.15, -0.1) is 0 Å². The number of benzene rings is 1. The van der Waals surface area contributed by atoms with E-state index in [-0.39, 0.29) is 13.0 Å². The number of rotatable bonds is 5. The Labute approximate surface area is 119 Å². The van der Waals surface area contributed by atoms with Gasteiger partial charge in [-0.25, -0.2) is 4.79 Å². The highest BCUT2D eigenvalue weighted by Crippen LogP contribution is 2.18. The standard InChI is InChI=1S/C15H23NO4/c1-15(2,3)20-14(19)16-12(10-17)9-13(18)11-7-5-4-6-8-11/h4-8,12-13,17-18H,9-10H2,1-3H3,(H,16,19)/t12-,13-/m1/s1. The molecule has 0 heterocycles. The van der Waals surface area contributed by atoms with E-state index in [4.69, 9.17) is 4.74 Å². The average Bonchev–Trinajstić information content (AvgIpc) is 2.36. The molecule has 0 unspecified atom stereocenters. The Balaban J connectivity index is 2.53. The van der Waals surface area contributed by atoms with Gasteiger partial charge in [-0.05, 0) is 26.3 Å². The van der Waals surface area contributed by atoms with E-state index >= 15 is 0 Å². The topological polar surface area (TPSA) is 78.8 Å². The summed E-state index contributed by atoms with van der Waals surface area (Å²) in [6, 6.07) is 8.56. The Bertz CT molecular complexity index is 414. The first kappa shape index (κ1) is 16.5. The second-order valence-electron chi connectivity index (χ2n) is 5.69. The maximum Gasteiger partial charge on any atom is 0.407 e. The number of amides is 1. The van der Waals surface area contributed by atoms with Crippen LogP contribution in [0.3, 0.4) is 0 Å². The third-order valence-corrected chi connectivity index (χ3v) is 2.63. The van der Waals surface area contributed by atoms with Gasteiger partial charge in [-0.3, -0.25) is 0 Å². The molecule has 0 fully saturated rings. The predicted octanol–water partition coefficient (Wildman–Crippen LogP) is 2.00. The smallest absolute Gasteiger partial charge is 0.407 e. The second-order valence-corrected chi connectivity index (χ2v) is 5.69. The lowest BCUT2D eigenvalue weighted by molar-refractivity contribution is 0.0450. The first-order valence-corrected chi connectivity index (χ1v) is 6.65. The van der Waals surface area contributed by atoms with E-state index in [9.17, 15) is 15.0 Å². The average molecular weight is 281 g/mol. The normalized spacial score (nSPS) is 14.4. The lowest BCUT2D eigenvalue weighted by Crippen LogP contribution is -2.41. The Morgan fingerprint density at radius 1 is 1.30 bits per heavy atom. The van der Waals surface area contributed by atoms with Crippen molar-refractivity contribution in [3.8, 4) is 0 Å². The fourth-order valence-electron chi connectivity index (χ4n) is 1.73. The third kappa shape index (κ3) is 6.04. The number of aliphatic hydroxyl groups excluding tert-OH is 2. The molecular formula is C15H23NO4. The number of hydrogen-bond donors (Lipinski definition) is 3. The van der Waals surface area contributed by atoms with Crippen LogP contribution in [-0.4, -0.2) is 34.6 Å². The molecule has 0 aliphatic carbocycles. The van der Waals surface area contributed by atoms with Gasteiger partial charge in [0.15, 0.2) is 0 Å². The van der Waals surface area contributed by atoms with Crippen LogP contribution >= 0.6 is 0 Å². The van der Waals surface area contributed by atoms with Crippen LogP contribution in [0, 0.1) is 0 Å². The molecule has 5 heteroatoms. The fraction of sp³-hybridized carbons (Fsp3) is 0.533. The van der Waals surface area contributed by atoms with Crippen molar-refractivity contribution in [2.75, 3.05) is 6.61 Å². The van der Waals surface area contributed by atoms with E-state index in [2.05, 4.69) is 5.32 Å². The summed E-state index contributed by atoms with van der Waals surface area (Å²) in [4.78, 5) is 11.6. The van der Waals surface area contributed by atoms with Crippen molar-refractivity contribution in [2.45, 2.75) is 44.9 Å². The van der Waals surface area contributed by atoms with Gasteiger partial charge >= 0.3 is 6.09 Å². The molecule has 0 spiro atoms. The minimum Gasteiger partial charge on any atom is -0.444 e. The lowest BCUT2D eigenvalue weighted by Gasteiger charge is -2.24. The van der Waals surface area contributed by atoms with Gasteiger partial charge in [0.05, 0.1) is 18.8 Å². The van der Waals surface area contributed by atoms with Gasteiger partial charge < -0.3 is 20.3 Å². The molecular weight excluding hydrogens is 258 g/mol. The molecule has 2 atom stereocenters. The molecule has 0 radical (unpaired) electrons. The molecule has 0 saturated heterocycles. The molecule has 5 nitrogen and oxygen atoms in total. The number of nitrogens with one attached hydrogen (secondary N) is 1. The molecule has 0 aliphatic rings. The van der Waals surface area contributed by atoms with Crippen molar-refractivity contribution in [3.63, 3.8) is 0 Å². The van der Waals surface area contributed by atoms with Crippen LogP contribution in [0.1, 0.15) is 38.9 Å². The molecule has 20 heavy (non-hydrogen) atoms. The third-order valence-electron chi connectivity index (χ3n) is 2.63. The second kappa shape index (κ2) is 7.26. The van der Waals surface area contributed by atoms with Crippen molar-refractivity contribution < 1.29 is 19.7 Å². The zero-order valence-electron chi connectivity index (χ0n) is 12.2. The Morgan fingerprint density at radius 2 is 1.90 bits per heavy atom. The summed E-state index contributed by atoms with van der Waals surface area (Å²) in [5.41, 5.74) is 0.152. The van der Waals surface area contributed by atoms with Gasteiger partial charge in [0.1, 0.15) is 5.60 Å². The van der Waals surface area contributed by atoms with Crippen LogP contribution in [0.2, 0.25) is 0 Å². The first-order chi connectivity index (χ1) is 9.31. The summed E-state index contributed by atoms with van der Waals surface area (Å²) in [7, 11) is 0. The van der Waals surface area contributed by atoms with Crippen LogP contribution in [0.25, 0.3) is 0 Å². The molecule has 3 N–H and O–H groups in total. The monoisotopic (exact) mass is 281 g/mol. The van der Waals surface area contributed by atoms with E-state index in [0.717, 1.165) is 5.56 Å². The van der Waals surface area contributed by atoms with Crippen molar-refractivity contribution in [1.82, 2.24) is 5.32 Å². The highest BCUT2D eigenvalue weighted by molar-refractivity contribution is 5.68. The molecule has 1 amide bonds. The van der Waals surface area contributed by atoms with Crippen LogP contribution in [-0.2, 0) is 4.74 Å². The summed E-state index contributed by atoms with van der Waals surface area (Å²) in [6.07, 6.45) is -1.13. The summed E-state index contributed by atoms with van der Waals surface area (Å²) < 4.78 is 5.11. The van der Waals surface area contributed by atoms with E-state index in [1.807, 2.05) is 18.2 Å². The Kier molecular flexibility index (Phi) is 5.98. The largest absolute Gasteiger partial charge is 0.444 e. The summed E-state index contributed by atoms with van der Waals surface area (Å²) in [5.74, 6) is 0. The summed E-state index contributed by atoms with van der Waals surface area (Å²) >= 11 is 0. The number of carbonyl (C=O) groups is 1. The minimum atomic E-state index is -0.747. The van der Waals surface area contributed by atoms with Crippen molar-refractivity contribution in [3.05, 3.63) is 35.9 Å². The molecule has 1 aromatic rings. The van der Waals surface area contributed by atoms with Crippen LogP contribution in [0.5, 0.6) is 0 Å². The maximum absolute atomic E-state index is 11.6. The lowest BCUT2D eigenvalue weighted by atomic mass is 10.0. The van der Waals surface area contributed by atoms with E-state index < -0.39 is 23.8 Å². The molecule has 0 saturated carbocycles. The summed E-state index contributed by atoms with van der Waals surface area (Å²) in [5, 5.41) is 21.9. The highest BCUT2D eigenvalue weighted by Gasteiger charge is 2.21. The van der Waals surface area contributed by atoms with Crippen molar-refractivity contribution >= 4 is 6.09 Å². The van der Waals surface area contributed by atoms with Gasteiger partial charge in [0.2, 0.25) is 0 Å². The number of alkyl carbamates (subject to hydrolysis) is 1. The van der Waals surface area contributed by atoms with Gasteiger partial charge in [-0.2, -0.15) is 0 Å². The maximum atomic E-state index is 11.6. The molecule has 0 aliphatic heterocycles. The molecule has 0 aromatic heterocycles. The number of carbonyl (C=O) groups excluding carboxylic acids is 1. The number of hydrogen-bond acceptors (Lipinski definition) is 4. The highest BCUT2D eigenvalue weighted by atomic mass is 16.6. The van der Waals surface area contributed by atoms with Gasteiger partial charge in [0.25, 0.3) is 0 Å². The predicted molar refractivity (Wildman–Crippen MR) is 76.3 cm³/mol. The Morgan fingerprint density at radius 3 is 2.40 bits per heavy atom. The first-order valence-electron chi connectivity index (χ1n) is 6.65. The Hall–Kier alpha value is -1.59. The van der Waals surface area contributed by atoms with E-state index in [1.165, 1.54) is 0 Å². The van der Waals surface area contributed by atoms with Crippen molar-refractivity contribution in [2.24, 2.45) is 0 Å². The quantitative estimate of drug-likeness (QED) is 0.771. The van der Waals surface area contributed by atoms with Crippen molar-refractivity contribution in [1.29, 1.82) is 0 Å². The minimum absolute atomic E-state index is 0.222. The number of ether oxygens (including phenoxy) is 1. The van der Waals surface area contributed by atoms with Gasteiger partial charge in [0, 0.05) is 6.42 Å². The zero-order valence-corrected chi connectivity index (χ0v) is 12.2. The molecule has 1 rings (SSSR count). The molecule has 112 valence electrons. The van der Waals surface area contributed by atoms with Gasteiger partial charge in [-0.1, -0.05) is 30.3 Å².